The lowest BCUT2D eigenvalue weighted by Gasteiger charge is -2.34. The summed E-state index contributed by atoms with van der Waals surface area (Å²) < 4.78 is 0. The number of hydrogen-bond donors (Lipinski definition) is 2. The molecule has 4 rings (SSSR count). The molecule has 2 heterocycles. The molecule has 1 aliphatic rings. The fourth-order valence-electron chi connectivity index (χ4n) is 3.75. The van der Waals surface area contributed by atoms with Gasteiger partial charge in [-0.15, -0.1) is 0 Å². The van der Waals surface area contributed by atoms with Gasteiger partial charge in [-0.05, 0) is 67.7 Å². The van der Waals surface area contributed by atoms with Gasteiger partial charge in [-0.2, -0.15) is 0 Å². The Morgan fingerprint density at radius 1 is 1.00 bits per heavy atom. The van der Waals surface area contributed by atoms with Crippen molar-refractivity contribution in [2.75, 3.05) is 43.4 Å². The summed E-state index contributed by atoms with van der Waals surface area (Å²) in [5.74, 6) is 0. The van der Waals surface area contributed by atoms with E-state index in [9.17, 15) is 4.79 Å². The van der Waals surface area contributed by atoms with Crippen LogP contribution in [0.5, 0.6) is 0 Å². The van der Waals surface area contributed by atoms with Gasteiger partial charge in [0.1, 0.15) is 0 Å². The maximum atomic E-state index is 12.5. The Kier molecular flexibility index (Phi) is 5.09. The topological polar surface area (TPSA) is 51.4 Å². The molecule has 1 aromatic heterocycles. The van der Waals surface area contributed by atoms with Gasteiger partial charge in [-0.25, -0.2) is 0 Å². The Labute approximate surface area is 166 Å². The normalized spacial score (nSPS) is 15.2. The molecule has 0 atom stereocenters. The van der Waals surface area contributed by atoms with Crippen molar-refractivity contribution in [3.05, 3.63) is 69.5 Å². The van der Waals surface area contributed by atoms with E-state index in [1.807, 2.05) is 13.0 Å². The minimum Gasteiger partial charge on any atom is -0.381 e. The third-order valence-electron chi connectivity index (χ3n) is 5.85. The highest BCUT2D eigenvalue weighted by molar-refractivity contribution is 5.83. The molecule has 5 nitrogen and oxygen atoms in total. The number of rotatable bonds is 4. The van der Waals surface area contributed by atoms with Crippen molar-refractivity contribution in [3.8, 4) is 0 Å². The molecule has 0 radical (unpaired) electrons. The van der Waals surface area contributed by atoms with Crippen LogP contribution in [0.1, 0.15) is 16.7 Å². The van der Waals surface area contributed by atoms with Crippen molar-refractivity contribution >= 4 is 22.3 Å². The number of piperazine rings is 1. The number of benzene rings is 2. The van der Waals surface area contributed by atoms with Crippen LogP contribution in [-0.2, 0) is 6.54 Å². The predicted octanol–water partition coefficient (Wildman–Crippen LogP) is 3.51. The first-order valence-electron chi connectivity index (χ1n) is 9.91. The summed E-state index contributed by atoms with van der Waals surface area (Å²) in [6.45, 7) is 8.95. The number of hydrogen-bond acceptors (Lipinski definition) is 4. The van der Waals surface area contributed by atoms with Crippen LogP contribution >= 0.6 is 0 Å². The Morgan fingerprint density at radius 2 is 1.71 bits per heavy atom. The van der Waals surface area contributed by atoms with Crippen LogP contribution in [0.25, 0.3) is 10.9 Å². The van der Waals surface area contributed by atoms with Crippen LogP contribution < -0.4 is 15.8 Å². The lowest BCUT2D eigenvalue weighted by atomic mass is 10.0. The minimum absolute atomic E-state index is 0.0252. The SMILES string of the molecule is Cc1ccc2cc(CNc3ccc(N4CCN(C)CC4)cc3)c(=O)[nH]c2c1C. The van der Waals surface area contributed by atoms with Crippen molar-refractivity contribution in [1.29, 1.82) is 0 Å². The maximum absolute atomic E-state index is 12.5. The summed E-state index contributed by atoms with van der Waals surface area (Å²) in [6, 6.07) is 14.7. The van der Waals surface area contributed by atoms with Gasteiger partial charge in [0.05, 0.1) is 5.52 Å². The molecule has 3 aromatic rings. The van der Waals surface area contributed by atoms with Gasteiger partial charge < -0.3 is 20.1 Å². The van der Waals surface area contributed by atoms with Crippen molar-refractivity contribution in [3.63, 3.8) is 0 Å². The first kappa shape index (κ1) is 18.6. The number of anilines is 2. The Bertz CT molecular complexity index is 1030. The molecule has 0 amide bonds. The van der Waals surface area contributed by atoms with E-state index in [-0.39, 0.29) is 5.56 Å². The number of pyridine rings is 1. The number of likely N-dealkylation sites (N-methyl/N-ethyl adjacent to an activating group) is 1. The lowest BCUT2D eigenvalue weighted by molar-refractivity contribution is 0.313. The molecule has 1 fully saturated rings. The summed E-state index contributed by atoms with van der Waals surface area (Å²) >= 11 is 0. The van der Waals surface area contributed by atoms with Crippen LogP contribution in [-0.4, -0.2) is 43.1 Å². The van der Waals surface area contributed by atoms with Crippen LogP contribution in [0.15, 0.2) is 47.3 Å². The highest BCUT2D eigenvalue weighted by Crippen LogP contribution is 2.21. The number of fused-ring (bicyclic) bond motifs is 1. The van der Waals surface area contributed by atoms with Crippen LogP contribution in [0.2, 0.25) is 0 Å². The van der Waals surface area contributed by atoms with Crippen molar-refractivity contribution in [2.24, 2.45) is 0 Å². The first-order chi connectivity index (χ1) is 13.5. The number of H-pyrrole nitrogens is 1. The fourth-order valence-corrected chi connectivity index (χ4v) is 3.75. The van der Waals surface area contributed by atoms with Gasteiger partial charge in [-0.3, -0.25) is 4.79 Å². The Hall–Kier alpha value is -2.79. The molecular weight excluding hydrogens is 348 g/mol. The number of aromatic amines is 1. The summed E-state index contributed by atoms with van der Waals surface area (Å²) in [7, 11) is 2.17. The van der Waals surface area contributed by atoms with E-state index in [1.54, 1.807) is 0 Å². The van der Waals surface area contributed by atoms with E-state index >= 15 is 0 Å². The van der Waals surface area contributed by atoms with Crippen molar-refractivity contribution in [1.82, 2.24) is 9.88 Å². The monoisotopic (exact) mass is 376 g/mol. The molecule has 0 aliphatic carbocycles. The van der Waals surface area contributed by atoms with Crippen LogP contribution in [0.3, 0.4) is 0 Å². The van der Waals surface area contributed by atoms with Crippen molar-refractivity contribution < 1.29 is 0 Å². The second-order valence-electron chi connectivity index (χ2n) is 7.79. The fraction of sp³-hybridized carbons (Fsp3) is 0.348. The molecule has 0 unspecified atom stereocenters. The zero-order chi connectivity index (χ0) is 19.7. The molecular formula is C23H28N4O. The van der Waals surface area contributed by atoms with E-state index in [2.05, 4.69) is 70.5 Å². The molecule has 1 saturated heterocycles. The van der Waals surface area contributed by atoms with Gasteiger partial charge in [0.15, 0.2) is 0 Å². The van der Waals surface area contributed by atoms with Gasteiger partial charge in [0.2, 0.25) is 0 Å². The summed E-state index contributed by atoms with van der Waals surface area (Å²) in [5.41, 5.74) is 6.26. The molecule has 2 aromatic carbocycles. The molecule has 2 N–H and O–H groups in total. The smallest absolute Gasteiger partial charge is 0.253 e. The van der Waals surface area contributed by atoms with Gasteiger partial charge in [0, 0.05) is 49.7 Å². The Balaban J connectivity index is 1.46. The molecule has 0 saturated carbocycles. The van der Waals surface area contributed by atoms with Gasteiger partial charge in [-0.1, -0.05) is 12.1 Å². The van der Waals surface area contributed by atoms with E-state index in [4.69, 9.17) is 0 Å². The van der Waals surface area contributed by atoms with Gasteiger partial charge >= 0.3 is 0 Å². The molecule has 146 valence electrons. The zero-order valence-electron chi connectivity index (χ0n) is 16.9. The number of nitrogens with one attached hydrogen (secondary N) is 2. The third kappa shape index (κ3) is 3.76. The minimum atomic E-state index is -0.0252. The number of aryl methyl sites for hydroxylation is 2. The predicted molar refractivity (Wildman–Crippen MR) is 118 cm³/mol. The Morgan fingerprint density at radius 3 is 2.43 bits per heavy atom. The van der Waals surface area contributed by atoms with E-state index in [0.717, 1.165) is 53.9 Å². The van der Waals surface area contributed by atoms with Crippen molar-refractivity contribution in [2.45, 2.75) is 20.4 Å². The quantitative estimate of drug-likeness (QED) is 0.732. The zero-order valence-corrected chi connectivity index (χ0v) is 16.9. The van der Waals surface area contributed by atoms with E-state index in [0.29, 0.717) is 6.54 Å². The van der Waals surface area contributed by atoms with Crippen LogP contribution in [0.4, 0.5) is 11.4 Å². The largest absolute Gasteiger partial charge is 0.381 e. The molecule has 1 aliphatic heterocycles. The first-order valence-corrected chi connectivity index (χ1v) is 9.91. The average Bonchev–Trinajstić information content (AvgIpc) is 2.71. The standard InChI is InChI=1S/C23H28N4O/c1-16-4-5-18-14-19(23(28)25-22(18)17(16)2)15-24-20-6-8-21(9-7-20)27-12-10-26(3)11-13-27/h4-9,14,24H,10-13,15H2,1-3H3,(H,25,28). The molecule has 0 spiro atoms. The molecule has 28 heavy (non-hydrogen) atoms. The second-order valence-corrected chi connectivity index (χ2v) is 7.79. The maximum Gasteiger partial charge on any atom is 0.253 e. The summed E-state index contributed by atoms with van der Waals surface area (Å²) in [4.78, 5) is 20.3. The third-order valence-corrected chi connectivity index (χ3v) is 5.85. The van der Waals surface area contributed by atoms with E-state index < -0.39 is 0 Å². The summed E-state index contributed by atoms with van der Waals surface area (Å²) in [6.07, 6.45) is 0. The molecule has 5 heteroatoms. The molecule has 0 bridgehead atoms. The lowest BCUT2D eigenvalue weighted by Crippen LogP contribution is -2.44. The highest BCUT2D eigenvalue weighted by atomic mass is 16.1. The number of nitrogens with zero attached hydrogens (tertiary/aromatic N) is 2. The van der Waals surface area contributed by atoms with E-state index in [1.165, 1.54) is 11.3 Å². The number of aromatic nitrogens is 1. The van der Waals surface area contributed by atoms with Gasteiger partial charge in [0.25, 0.3) is 5.56 Å². The average molecular weight is 377 g/mol. The van der Waals surface area contributed by atoms with Crippen LogP contribution in [0, 0.1) is 13.8 Å². The summed E-state index contributed by atoms with van der Waals surface area (Å²) in [5, 5.41) is 4.46. The highest BCUT2D eigenvalue weighted by Gasteiger charge is 2.14. The second kappa shape index (κ2) is 7.68.